The molecule has 0 spiro atoms. The molecule has 2 aliphatic rings. The van der Waals surface area contributed by atoms with E-state index in [-0.39, 0.29) is 24.1 Å². The number of nitrogens with zero attached hydrogens (tertiary/aromatic N) is 2. The summed E-state index contributed by atoms with van der Waals surface area (Å²) in [5, 5.41) is 0. The first-order chi connectivity index (χ1) is 9.70. The summed E-state index contributed by atoms with van der Waals surface area (Å²) in [6, 6.07) is -0.0929. The lowest BCUT2D eigenvalue weighted by Crippen LogP contribution is -2.50. The Morgan fingerprint density at radius 2 is 1.86 bits per heavy atom. The van der Waals surface area contributed by atoms with E-state index in [9.17, 15) is 9.59 Å². The van der Waals surface area contributed by atoms with Crippen LogP contribution in [0.3, 0.4) is 0 Å². The van der Waals surface area contributed by atoms with E-state index in [0.29, 0.717) is 12.5 Å². The smallest absolute Gasteiger partial charge is 0.410 e. The van der Waals surface area contributed by atoms with Crippen LogP contribution in [-0.2, 0) is 9.53 Å². The molecule has 1 saturated carbocycles. The molecule has 1 aliphatic heterocycles. The molecule has 2 fully saturated rings. The van der Waals surface area contributed by atoms with Crippen molar-refractivity contribution < 1.29 is 14.3 Å². The fourth-order valence-electron chi connectivity index (χ4n) is 2.89. The van der Waals surface area contributed by atoms with Gasteiger partial charge in [0.15, 0.2) is 0 Å². The summed E-state index contributed by atoms with van der Waals surface area (Å²) < 4.78 is 5.42. The Morgan fingerprint density at radius 1 is 1.24 bits per heavy atom. The Bertz CT molecular complexity index is 412. The van der Waals surface area contributed by atoms with Gasteiger partial charge in [-0.15, -0.1) is 0 Å². The van der Waals surface area contributed by atoms with Crippen molar-refractivity contribution in [2.75, 3.05) is 13.6 Å². The number of carbonyl (C=O) groups excluding carboxylic acids is 2. The first-order valence-electron chi connectivity index (χ1n) is 7.97. The highest BCUT2D eigenvalue weighted by Gasteiger charge is 2.40. The largest absolute Gasteiger partial charge is 0.444 e. The van der Waals surface area contributed by atoms with Gasteiger partial charge in [0.25, 0.3) is 0 Å². The number of likely N-dealkylation sites (tertiary alicyclic amines) is 1. The number of hydrogen-bond donors (Lipinski definition) is 0. The molecule has 5 nitrogen and oxygen atoms in total. The lowest BCUT2D eigenvalue weighted by atomic mass is 10.1. The third kappa shape index (κ3) is 3.89. The number of rotatable bonds is 3. The van der Waals surface area contributed by atoms with Gasteiger partial charge in [0.05, 0.1) is 0 Å². The van der Waals surface area contributed by atoms with Gasteiger partial charge in [0.2, 0.25) is 5.91 Å². The van der Waals surface area contributed by atoms with E-state index in [4.69, 9.17) is 4.74 Å². The van der Waals surface area contributed by atoms with Gasteiger partial charge in [0.1, 0.15) is 11.6 Å². The molecule has 2 atom stereocenters. The molecular weight excluding hydrogens is 268 g/mol. The molecule has 1 aliphatic carbocycles. The Hall–Kier alpha value is -1.26. The predicted octanol–water partition coefficient (Wildman–Crippen LogP) is 2.64. The number of ether oxygens (including phenoxy) is 1. The average molecular weight is 296 g/mol. The Labute approximate surface area is 127 Å². The van der Waals surface area contributed by atoms with E-state index in [1.807, 2.05) is 32.7 Å². The van der Waals surface area contributed by atoms with Crippen molar-refractivity contribution in [2.24, 2.45) is 5.92 Å². The van der Waals surface area contributed by atoms with Crippen LogP contribution in [0.25, 0.3) is 0 Å². The summed E-state index contributed by atoms with van der Waals surface area (Å²) in [5.74, 6) is 0.688. The van der Waals surface area contributed by atoms with Crippen LogP contribution in [0.4, 0.5) is 4.79 Å². The first-order valence-corrected chi connectivity index (χ1v) is 7.97. The molecule has 0 bridgehead atoms. The van der Waals surface area contributed by atoms with Crippen molar-refractivity contribution in [3.05, 3.63) is 0 Å². The SMILES string of the molecule is C[C@H](C1CC1)N(C)C(=O)[C@@H]1CCCN1C(=O)OC(C)(C)C. The maximum atomic E-state index is 12.7. The van der Waals surface area contributed by atoms with Crippen LogP contribution in [0.2, 0.25) is 0 Å². The molecule has 120 valence electrons. The molecule has 21 heavy (non-hydrogen) atoms. The van der Waals surface area contributed by atoms with Gasteiger partial charge in [-0.1, -0.05) is 0 Å². The summed E-state index contributed by atoms with van der Waals surface area (Å²) in [6.07, 6.45) is 3.64. The second-order valence-corrected chi connectivity index (χ2v) is 7.36. The van der Waals surface area contributed by atoms with E-state index in [2.05, 4.69) is 6.92 Å². The maximum Gasteiger partial charge on any atom is 0.410 e. The second-order valence-electron chi connectivity index (χ2n) is 7.36. The highest BCUT2D eigenvalue weighted by Crippen LogP contribution is 2.35. The molecule has 2 rings (SSSR count). The first kappa shape index (κ1) is 16.1. The van der Waals surface area contributed by atoms with E-state index in [1.54, 1.807) is 4.90 Å². The van der Waals surface area contributed by atoms with Crippen molar-refractivity contribution in [1.82, 2.24) is 9.80 Å². The molecule has 0 aromatic rings. The minimum absolute atomic E-state index is 0.0535. The van der Waals surface area contributed by atoms with Crippen molar-refractivity contribution in [1.29, 1.82) is 0 Å². The molecule has 1 heterocycles. The van der Waals surface area contributed by atoms with Crippen LogP contribution >= 0.6 is 0 Å². The van der Waals surface area contributed by atoms with E-state index < -0.39 is 5.60 Å². The van der Waals surface area contributed by atoms with E-state index in [0.717, 1.165) is 12.8 Å². The molecule has 2 amide bonds. The highest BCUT2D eigenvalue weighted by atomic mass is 16.6. The van der Waals surface area contributed by atoms with Crippen molar-refractivity contribution in [3.63, 3.8) is 0 Å². The maximum absolute atomic E-state index is 12.7. The van der Waals surface area contributed by atoms with Crippen LogP contribution in [0.15, 0.2) is 0 Å². The fraction of sp³-hybridized carbons (Fsp3) is 0.875. The Morgan fingerprint density at radius 3 is 2.38 bits per heavy atom. The monoisotopic (exact) mass is 296 g/mol. The van der Waals surface area contributed by atoms with Gasteiger partial charge in [-0.3, -0.25) is 9.69 Å². The topological polar surface area (TPSA) is 49.9 Å². The normalized spacial score (nSPS) is 23.9. The molecular formula is C16H28N2O3. The lowest BCUT2D eigenvalue weighted by molar-refractivity contribution is -0.136. The molecule has 0 aromatic carbocycles. The van der Waals surface area contributed by atoms with Gasteiger partial charge >= 0.3 is 6.09 Å². The van der Waals surface area contributed by atoms with Crippen molar-refractivity contribution in [3.8, 4) is 0 Å². The summed E-state index contributed by atoms with van der Waals surface area (Å²) in [5.41, 5.74) is -0.527. The minimum Gasteiger partial charge on any atom is -0.444 e. The number of carbonyl (C=O) groups is 2. The molecule has 1 saturated heterocycles. The lowest BCUT2D eigenvalue weighted by Gasteiger charge is -2.32. The summed E-state index contributed by atoms with van der Waals surface area (Å²) in [7, 11) is 1.86. The standard InChI is InChI=1S/C16H28N2O3/c1-11(12-8-9-12)17(5)14(19)13-7-6-10-18(13)15(20)21-16(2,3)4/h11-13H,6-10H2,1-5H3/t11-,13+/m1/s1. The van der Waals surface area contributed by atoms with Crippen LogP contribution in [0, 0.1) is 5.92 Å². The molecule has 0 aromatic heterocycles. The van der Waals surface area contributed by atoms with Crippen LogP contribution in [-0.4, -0.2) is 53.1 Å². The number of amides is 2. The number of likely N-dealkylation sites (N-methyl/N-ethyl adjacent to an activating group) is 1. The van der Waals surface area contributed by atoms with Crippen LogP contribution < -0.4 is 0 Å². The predicted molar refractivity (Wildman–Crippen MR) is 80.9 cm³/mol. The minimum atomic E-state index is -0.527. The van der Waals surface area contributed by atoms with Gasteiger partial charge in [-0.05, 0) is 59.3 Å². The number of hydrogen-bond acceptors (Lipinski definition) is 3. The molecule has 0 N–H and O–H groups in total. The third-order valence-corrected chi connectivity index (χ3v) is 4.43. The highest BCUT2D eigenvalue weighted by molar-refractivity contribution is 5.86. The zero-order valence-electron chi connectivity index (χ0n) is 13.9. The van der Waals surface area contributed by atoms with Gasteiger partial charge < -0.3 is 9.64 Å². The van der Waals surface area contributed by atoms with Crippen LogP contribution in [0.1, 0.15) is 53.4 Å². The van der Waals surface area contributed by atoms with Gasteiger partial charge in [0, 0.05) is 19.6 Å². The summed E-state index contributed by atoms with van der Waals surface area (Å²) >= 11 is 0. The van der Waals surface area contributed by atoms with Crippen LogP contribution in [0.5, 0.6) is 0 Å². The molecule has 0 unspecified atom stereocenters. The third-order valence-electron chi connectivity index (χ3n) is 4.43. The Balaban J connectivity index is 2.00. The average Bonchev–Trinajstić information content (AvgIpc) is 3.10. The quantitative estimate of drug-likeness (QED) is 0.804. The summed E-state index contributed by atoms with van der Waals surface area (Å²) in [4.78, 5) is 28.3. The fourth-order valence-corrected chi connectivity index (χ4v) is 2.89. The van der Waals surface area contributed by atoms with E-state index >= 15 is 0 Å². The molecule has 5 heteroatoms. The van der Waals surface area contributed by atoms with Crippen molar-refractivity contribution >= 4 is 12.0 Å². The van der Waals surface area contributed by atoms with Gasteiger partial charge in [-0.2, -0.15) is 0 Å². The zero-order valence-corrected chi connectivity index (χ0v) is 13.9. The zero-order chi connectivity index (χ0) is 15.8. The second kappa shape index (κ2) is 5.85. The molecule has 0 radical (unpaired) electrons. The Kier molecular flexibility index (Phi) is 4.49. The van der Waals surface area contributed by atoms with Crippen molar-refractivity contribution in [2.45, 2.75) is 71.1 Å². The van der Waals surface area contributed by atoms with Gasteiger partial charge in [-0.25, -0.2) is 4.79 Å². The summed E-state index contributed by atoms with van der Waals surface area (Å²) in [6.45, 7) is 8.25. The van der Waals surface area contributed by atoms with E-state index in [1.165, 1.54) is 12.8 Å².